The zero-order valence-corrected chi connectivity index (χ0v) is 13.5. The number of hydrogen-bond acceptors (Lipinski definition) is 3. The van der Waals surface area contributed by atoms with Crippen LogP contribution in [0.1, 0.15) is 31.2 Å². The van der Waals surface area contributed by atoms with Crippen LogP contribution in [-0.2, 0) is 11.2 Å². The number of halogens is 1. The lowest BCUT2D eigenvalue weighted by molar-refractivity contribution is -0.118. The third-order valence-electron chi connectivity index (χ3n) is 3.92. The van der Waals surface area contributed by atoms with E-state index in [0.29, 0.717) is 24.5 Å². The molecule has 1 aliphatic rings. The molecule has 1 aromatic carbocycles. The molecule has 0 spiro atoms. The first-order valence-corrected chi connectivity index (χ1v) is 8.03. The second-order valence-electron chi connectivity index (χ2n) is 5.40. The van der Waals surface area contributed by atoms with Gasteiger partial charge in [0.05, 0.1) is 7.11 Å². The molecule has 20 heavy (non-hydrogen) atoms. The Balaban J connectivity index is 1.86. The quantitative estimate of drug-likeness (QED) is 0.863. The molecule has 0 amide bonds. The second-order valence-corrected chi connectivity index (χ2v) is 6.32. The Labute approximate surface area is 129 Å². The van der Waals surface area contributed by atoms with E-state index >= 15 is 0 Å². The Hall–Kier alpha value is -0.870. The van der Waals surface area contributed by atoms with Crippen molar-refractivity contribution in [3.63, 3.8) is 0 Å². The van der Waals surface area contributed by atoms with E-state index < -0.39 is 0 Å². The van der Waals surface area contributed by atoms with Gasteiger partial charge in [-0.05, 0) is 56.5 Å². The fourth-order valence-electron chi connectivity index (χ4n) is 2.72. The molecule has 0 bridgehead atoms. The van der Waals surface area contributed by atoms with Gasteiger partial charge in [0.25, 0.3) is 0 Å². The number of benzene rings is 1. The van der Waals surface area contributed by atoms with E-state index in [2.05, 4.69) is 21.2 Å². The number of hydrogen-bond donors (Lipinski definition) is 1. The molecule has 2 rings (SSSR count). The number of methoxy groups -OCH3 is 1. The van der Waals surface area contributed by atoms with Crippen molar-refractivity contribution >= 4 is 21.7 Å². The van der Waals surface area contributed by atoms with Crippen molar-refractivity contribution in [2.75, 3.05) is 20.2 Å². The number of rotatable bonds is 6. The monoisotopic (exact) mass is 339 g/mol. The number of nitrogens with one attached hydrogen (secondary N) is 1. The average molecular weight is 340 g/mol. The second kappa shape index (κ2) is 7.79. The number of carbonyl (C=O) groups is 1. The minimum absolute atomic E-state index is 0.305. The molecular formula is C16H22BrNO2. The smallest absolute Gasteiger partial charge is 0.137 e. The molecule has 1 N–H and O–H groups in total. The molecular weight excluding hydrogens is 318 g/mol. The van der Waals surface area contributed by atoms with E-state index in [1.54, 1.807) is 7.11 Å². The van der Waals surface area contributed by atoms with E-state index in [4.69, 9.17) is 4.74 Å². The summed E-state index contributed by atoms with van der Waals surface area (Å²) < 4.78 is 6.30. The molecule has 1 saturated heterocycles. The van der Waals surface area contributed by atoms with E-state index in [1.807, 2.05) is 18.2 Å². The average Bonchev–Trinajstić information content (AvgIpc) is 2.46. The van der Waals surface area contributed by atoms with Gasteiger partial charge in [-0.3, -0.25) is 4.79 Å². The fraction of sp³-hybridized carbons (Fsp3) is 0.562. The van der Waals surface area contributed by atoms with Crippen molar-refractivity contribution in [1.82, 2.24) is 5.32 Å². The molecule has 1 aromatic rings. The summed E-state index contributed by atoms with van der Waals surface area (Å²) in [5.74, 6) is 1.81. The van der Waals surface area contributed by atoms with Gasteiger partial charge in [0.1, 0.15) is 11.5 Å². The normalized spacial score (nSPS) is 16.1. The number of ketones is 1. The molecule has 110 valence electrons. The van der Waals surface area contributed by atoms with Gasteiger partial charge in [-0.15, -0.1) is 0 Å². The Morgan fingerprint density at radius 2 is 2.15 bits per heavy atom. The highest BCUT2D eigenvalue weighted by atomic mass is 79.9. The van der Waals surface area contributed by atoms with Crippen molar-refractivity contribution in [2.24, 2.45) is 5.92 Å². The predicted molar refractivity (Wildman–Crippen MR) is 84.2 cm³/mol. The molecule has 0 radical (unpaired) electrons. The van der Waals surface area contributed by atoms with Gasteiger partial charge < -0.3 is 10.1 Å². The summed E-state index contributed by atoms with van der Waals surface area (Å²) in [6, 6.07) is 5.81. The summed E-state index contributed by atoms with van der Waals surface area (Å²) in [6.45, 7) is 2.19. The van der Waals surface area contributed by atoms with Crippen LogP contribution in [0.5, 0.6) is 5.75 Å². The number of Topliss-reactive ketones (excluding diaryl/α,β-unsaturated/α-hetero) is 1. The van der Waals surface area contributed by atoms with Crippen LogP contribution >= 0.6 is 15.9 Å². The largest absolute Gasteiger partial charge is 0.496 e. The summed E-state index contributed by atoms with van der Waals surface area (Å²) in [7, 11) is 1.65. The molecule has 3 nitrogen and oxygen atoms in total. The number of piperidine rings is 1. The van der Waals surface area contributed by atoms with Crippen LogP contribution in [0.3, 0.4) is 0 Å². The molecule has 0 aliphatic carbocycles. The summed E-state index contributed by atoms with van der Waals surface area (Å²) >= 11 is 3.44. The van der Waals surface area contributed by atoms with Crippen molar-refractivity contribution in [3.05, 3.63) is 28.2 Å². The summed E-state index contributed by atoms with van der Waals surface area (Å²) in [4.78, 5) is 12.1. The molecule has 0 aromatic heterocycles. The fourth-order valence-corrected chi connectivity index (χ4v) is 3.13. The molecule has 4 heteroatoms. The van der Waals surface area contributed by atoms with Gasteiger partial charge in [-0.1, -0.05) is 15.9 Å². The molecule has 0 saturated carbocycles. The van der Waals surface area contributed by atoms with Gasteiger partial charge in [-0.25, -0.2) is 0 Å². The lowest BCUT2D eigenvalue weighted by atomic mass is 9.91. The summed E-state index contributed by atoms with van der Waals surface area (Å²) in [5, 5.41) is 3.36. The Morgan fingerprint density at radius 3 is 2.85 bits per heavy atom. The van der Waals surface area contributed by atoms with Crippen LogP contribution < -0.4 is 10.1 Å². The van der Waals surface area contributed by atoms with E-state index in [-0.39, 0.29) is 0 Å². The molecule has 0 atom stereocenters. The predicted octanol–water partition coefficient (Wildman–Crippen LogP) is 3.35. The number of carbonyl (C=O) groups excluding carboxylic acids is 1. The topological polar surface area (TPSA) is 38.3 Å². The highest BCUT2D eigenvalue weighted by Crippen LogP contribution is 2.25. The van der Waals surface area contributed by atoms with Gasteiger partial charge in [0.2, 0.25) is 0 Å². The standard InChI is InChI=1S/C16H22BrNO2/c1-20-16-5-3-14(17)10-13(16)11-15(19)4-2-12-6-8-18-9-7-12/h3,5,10,12,18H,2,4,6-9,11H2,1H3. The van der Waals surface area contributed by atoms with E-state index in [0.717, 1.165) is 35.3 Å². The highest BCUT2D eigenvalue weighted by molar-refractivity contribution is 9.10. The first-order chi connectivity index (χ1) is 9.69. The molecule has 1 aliphatic heterocycles. The lowest BCUT2D eigenvalue weighted by Crippen LogP contribution is -2.28. The van der Waals surface area contributed by atoms with Crippen LogP contribution in [-0.4, -0.2) is 26.0 Å². The third-order valence-corrected chi connectivity index (χ3v) is 4.41. The van der Waals surface area contributed by atoms with Crippen molar-refractivity contribution in [2.45, 2.75) is 32.1 Å². The van der Waals surface area contributed by atoms with Gasteiger partial charge in [0.15, 0.2) is 0 Å². The maximum absolute atomic E-state index is 12.1. The Morgan fingerprint density at radius 1 is 1.40 bits per heavy atom. The van der Waals surface area contributed by atoms with Gasteiger partial charge in [0, 0.05) is 22.9 Å². The third kappa shape index (κ3) is 4.60. The summed E-state index contributed by atoms with van der Waals surface area (Å²) in [5.41, 5.74) is 0.970. The van der Waals surface area contributed by atoms with Gasteiger partial charge >= 0.3 is 0 Å². The lowest BCUT2D eigenvalue weighted by Gasteiger charge is -2.22. The van der Waals surface area contributed by atoms with Gasteiger partial charge in [-0.2, -0.15) is 0 Å². The van der Waals surface area contributed by atoms with Crippen molar-refractivity contribution < 1.29 is 9.53 Å². The first-order valence-electron chi connectivity index (χ1n) is 7.24. The summed E-state index contributed by atoms with van der Waals surface area (Å²) in [6.07, 6.45) is 4.58. The molecule has 0 unspecified atom stereocenters. The SMILES string of the molecule is COc1ccc(Br)cc1CC(=O)CCC1CCNCC1. The van der Waals surface area contributed by atoms with Crippen LogP contribution in [0.4, 0.5) is 0 Å². The zero-order chi connectivity index (χ0) is 14.4. The van der Waals surface area contributed by atoms with Crippen LogP contribution in [0.15, 0.2) is 22.7 Å². The van der Waals surface area contributed by atoms with E-state index in [9.17, 15) is 4.79 Å². The first kappa shape index (κ1) is 15.5. The zero-order valence-electron chi connectivity index (χ0n) is 12.0. The van der Waals surface area contributed by atoms with Crippen LogP contribution in [0.2, 0.25) is 0 Å². The van der Waals surface area contributed by atoms with Crippen LogP contribution in [0.25, 0.3) is 0 Å². The highest BCUT2D eigenvalue weighted by Gasteiger charge is 2.15. The maximum atomic E-state index is 12.1. The molecule has 1 heterocycles. The van der Waals surface area contributed by atoms with Crippen LogP contribution in [0, 0.1) is 5.92 Å². The maximum Gasteiger partial charge on any atom is 0.137 e. The Kier molecular flexibility index (Phi) is 6.05. The minimum Gasteiger partial charge on any atom is -0.496 e. The minimum atomic E-state index is 0.305. The Bertz CT molecular complexity index is 456. The number of ether oxygens (including phenoxy) is 1. The molecule has 1 fully saturated rings. The van der Waals surface area contributed by atoms with Crippen molar-refractivity contribution in [3.8, 4) is 5.75 Å². The van der Waals surface area contributed by atoms with Crippen molar-refractivity contribution in [1.29, 1.82) is 0 Å². The van der Waals surface area contributed by atoms with E-state index in [1.165, 1.54) is 12.8 Å².